The molecule has 0 aromatic carbocycles. The molecule has 96 valence electrons. The summed E-state index contributed by atoms with van der Waals surface area (Å²) in [4.78, 5) is 23.4. The van der Waals surface area contributed by atoms with Crippen LogP contribution in [0, 0.1) is 17.8 Å². The predicted molar refractivity (Wildman–Crippen MR) is 64.4 cm³/mol. The summed E-state index contributed by atoms with van der Waals surface area (Å²) in [5.41, 5.74) is 0. The lowest BCUT2D eigenvalue weighted by Gasteiger charge is -2.39. The Morgan fingerprint density at radius 3 is 2.88 bits per heavy atom. The second kappa shape index (κ2) is 5.19. The van der Waals surface area contributed by atoms with Crippen LogP contribution in [0.1, 0.15) is 52.4 Å². The summed E-state index contributed by atoms with van der Waals surface area (Å²) < 4.78 is 5.61. The van der Waals surface area contributed by atoms with Gasteiger partial charge in [-0.3, -0.25) is 9.59 Å². The Morgan fingerprint density at radius 1 is 1.41 bits per heavy atom. The van der Waals surface area contributed by atoms with E-state index in [1.165, 1.54) is 0 Å². The van der Waals surface area contributed by atoms with E-state index >= 15 is 0 Å². The van der Waals surface area contributed by atoms with Gasteiger partial charge in [-0.25, -0.2) is 0 Å². The fourth-order valence-corrected chi connectivity index (χ4v) is 2.95. The van der Waals surface area contributed by atoms with Gasteiger partial charge in [-0.2, -0.15) is 0 Å². The highest BCUT2D eigenvalue weighted by Crippen LogP contribution is 2.39. The molecular weight excluding hydrogens is 216 g/mol. The van der Waals surface area contributed by atoms with Crippen molar-refractivity contribution < 1.29 is 14.3 Å². The van der Waals surface area contributed by atoms with Gasteiger partial charge in [0.1, 0.15) is 11.9 Å². The van der Waals surface area contributed by atoms with Crippen molar-refractivity contribution in [2.45, 2.75) is 58.5 Å². The largest absolute Gasteiger partial charge is 0.462 e. The average molecular weight is 238 g/mol. The molecule has 0 heterocycles. The number of carbonyl (C=O) groups is 2. The van der Waals surface area contributed by atoms with E-state index in [0.29, 0.717) is 18.1 Å². The topological polar surface area (TPSA) is 43.4 Å². The van der Waals surface area contributed by atoms with Gasteiger partial charge in [0.25, 0.3) is 0 Å². The van der Waals surface area contributed by atoms with Gasteiger partial charge in [-0.15, -0.1) is 0 Å². The van der Waals surface area contributed by atoms with E-state index in [1.54, 1.807) is 0 Å². The molecule has 0 saturated heterocycles. The zero-order valence-corrected chi connectivity index (χ0v) is 10.8. The molecule has 2 aliphatic carbocycles. The molecule has 0 N–H and O–H groups in total. The molecule has 3 heteroatoms. The maximum absolute atomic E-state index is 11.8. The van der Waals surface area contributed by atoms with E-state index < -0.39 is 0 Å². The van der Waals surface area contributed by atoms with Gasteiger partial charge in [0, 0.05) is 12.3 Å². The zero-order chi connectivity index (χ0) is 12.4. The average Bonchev–Trinajstić information content (AvgIpc) is 2.35. The van der Waals surface area contributed by atoms with Gasteiger partial charge in [-0.05, 0) is 38.0 Å². The fraction of sp³-hybridized carbons (Fsp3) is 0.857. The molecule has 0 aromatic rings. The molecule has 0 radical (unpaired) electrons. The molecule has 0 aromatic heterocycles. The Morgan fingerprint density at radius 2 is 2.18 bits per heavy atom. The summed E-state index contributed by atoms with van der Waals surface area (Å²) in [5.74, 6) is 1.05. The second-order valence-electron chi connectivity index (χ2n) is 5.56. The first-order valence-electron chi connectivity index (χ1n) is 6.85. The van der Waals surface area contributed by atoms with Crippen molar-refractivity contribution in [1.29, 1.82) is 0 Å². The number of fused-ring (bicyclic) bond motifs is 2. The van der Waals surface area contributed by atoms with E-state index in [0.717, 1.165) is 32.1 Å². The third-order valence-corrected chi connectivity index (χ3v) is 4.41. The smallest absolute Gasteiger partial charge is 0.308 e. The van der Waals surface area contributed by atoms with Crippen LogP contribution in [0.2, 0.25) is 0 Å². The molecule has 4 atom stereocenters. The first kappa shape index (κ1) is 12.6. The predicted octanol–water partition coefficient (Wildman–Crippen LogP) is 2.72. The van der Waals surface area contributed by atoms with Crippen molar-refractivity contribution in [1.82, 2.24) is 0 Å². The van der Waals surface area contributed by atoms with E-state index in [-0.39, 0.29) is 23.9 Å². The number of carbonyl (C=O) groups excluding carboxylic acids is 2. The van der Waals surface area contributed by atoms with E-state index in [2.05, 4.69) is 0 Å². The lowest BCUT2D eigenvalue weighted by Crippen LogP contribution is -2.40. The number of hydrogen-bond donors (Lipinski definition) is 0. The number of ether oxygens (including phenoxy) is 1. The van der Waals surface area contributed by atoms with Crippen LogP contribution < -0.4 is 0 Å². The molecule has 0 amide bonds. The molecule has 2 bridgehead atoms. The molecular formula is C14H22O3. The Hall–Kier alpha value is -0.860. The molecule has 2 saturated carbocycles. The summed E-state index contributed by atoms with van der Waals surface area (Å²) in [6, 6.07) is 0. The molecule has 3 nitrogen and oxygen atoms in total. The highest BCUT2D eigenvalue weighted by Gasteiger charge is 2.39. The van der Waals surface area contributed by atoms with Crippen molar-refractivity contribution in [2.75, 3.05) is 0 Å². The highest BCUT2D eigenvalue weighted by atomic mass is 16.5. The van der Waals surface area contributed by atoms with Gasteiger partial charge in [0.2, 0.25) is 0 Å². The van der Waals surface area contributed by atoms with Crippen molar-refractivity contribution in [2.24, 2.45) is 17.8 Å². The van der Waals surface area contributed by atoms with Gasteiger partial charge < -0.3 is 4.74 Å². The summed E-state index contributed by atoms with van der Waals surface area (Å²) in [5, 5.41) is 0. The normalized spacial score (nSPS) is 34.2. The van der Waals surface area contributed by atoms with Crippen molar-refractivity contribution >= 4 is 11.8 Å². The Balaban J connectivity index is 1.91. The number of esters is 1. The van der Waals surface area contributed by atoms with Crippen molar-refractivity contribution in [3.63, 3.8) is 0 Å². The van der Waals surface area contributed by atoms with E-state index in [9.17, 15) is 9.59 Å². The minimum atomic E-state index is -0.0622. The van der Waals surface area contributed by atoms with Crippen molar-refractivity contribution in [3.8, 4) is 0 Å². The number of rotatable bonds is 3. The summed E-state index contributed by atoms with van der Waals surface area (Å²) >= 11 is 0. The van der Waals surface area contributed by atoms with Crippen LogP contribution in [-0.4, -0.2) is 17.9 Å². The molecule has 0 spiro atoms. The maximum atomic E-state index is 11.8. The lowest BCUT2D eigenvalue weighted by atomic mass is 9.70. The first-order valence-corrected chi connectivity index (χ1v) is 6.85. The summed E-state index contributed by atoms with van der Waals surface area (Å²) in [6.45, 7) is 3.92. The molecule has 2 fully saturated rings. The van der Waals surface area contributed by atoms with Crippen molar-refractivity contribution in [3.05, 3.63) is 0 Å². The summed E-state index contributed by atoms with van der Waals surface area (Å²) in [6.07, 6.45) is 5.23. The van der Waals surface area contributed by atoms with Gasteiger partial charge in [-0.1, -0.05) is 13.8 Å². The standard InChI is InChI=1S/C14H22O3/c1-3-9(2)14(16)17-13-7-5-10-8-11(13)4-6-12(10)15/h9-11,13H,3-8H2,1-2H3. The number of ketones is 1. The molecule has 17 heavy (non-hydrogen) atoms. The van der Waals surface area contributed by atoms with Crippen LogP contribution in [0.3, 0.4) is 0 Å². The first-order chi connectivity index (χ1) is 8.11. The highest BCUT2D eigenvalue weighted by molar-refractivity contribution is 5.82. The van der Waals surface area contributed by atoms with Gasteiger partial charge in [0.05, 0.1) is 5.92 Å². The van der Waals surface area contributed by atoms with Crippen LogP contribution >= 0.6 is 0 Å². The van der Waals surface area contributed by atoms with Gasteiger partial charge in [0.15, 0.2) is 0 Å². The maximum Gasteiger partial charge on any atom is 0.308 e. The number of Topliss-reactive ketones (excluding diaryl/α,β-unsaturated/α-hetero) is 1. The van der Waals surface area contributed by atoms with Gasteiger partial charge >= 0.3 is 5.97 Å². The minimum absolute atomic E-state index is 0.00190. The third kappa shape index (κ3) is 2.70. The number of hydrogen-bond acceptors (Lipinski definition) is 3. The van der Waals surface area contributed by atoms with Crippen LogP contribution in [0.15, 0.2) is 0 Å². The second-order valence-corrected chi connectivity index (χ2v) is 5.56. The minimum Gasteiger partial charge on any atom is -0.462 e. The van der Waals surface area contributed by atoms with E-state index in [4.69, 9.17) is 4.74 Å². The van der Waals surface area contributed by atoms with Crippen LogP contribution in [0.25, 0.3) is 0 Å². The fourth-order valence-electron chi connectivity index (χ4n) is 2.95. The Bertz CT molecular complexity index is 311. The Labute approximate surface area is 103 Å². The quantitative estimate of drug-likeness (QED) is 0.710. The van der Waals surface area contributed by atoms with Crippen LogP contribution in [-0.2, 0) is 14.3 Å². The summed E-state index contributed by atoms with van der Waals surface area (Å²) in [7, 11) is 0. The third-order valence-electron chi connectivity index (χ3n) is 4.41. The van der Waals surface area contributed by atoms with E-state index in [1.807, 2.05) is 13.8 Å². The van der Waals surface area contributed by atoms with Crippen LogP contribution in [0.4, 0.5) is 0 Å². The molecule has 4 unspecified atom stereocenters. The lowest BCUT2D eigenvalue weighted by molar-refractivity contribution is -0.160. The molecule has 2 rings (SSSR count). The Kier molecular flexibility index (Phi) is 3.85. The molecule has 2 aliphatic rings. The SMILES string of the molecule is CCC(C)C(=O)OC1CCC2CC1CCC2=O. The van der Waals surface area contributed by atoms with Crippen LogP contribution in [0.5, 0.6) is 0 Å². The zero-order valence-electron chi connectivity index (χ0n) is 10.8. The monoisotopic (exact) mass is 238 g/mol. The molecule has 0 aliphatic heterocycles.